The van der Waals surface area contributed by atoms with Crippen molar-refractivity contribution >= 4 is 23.9 Å². The van der Waals surface area contributed by atoms with Crippen LogP contribution in [0.4, 0.5) is 4.79 Å². The molecule has 4 amide bonds. The van der Waals surface area contributed by atoms with Gasteiger partial charge in [0.2, 0.25) is 5.91 Å². The van der Waals surface area contributed by atoms with Crippen LogP contribution in [0.15, 0.2) is 66.7 Å². The van der Waals surface area contributed by atoms with Crippen LogP contribution in [0.25, 0.3) is 6.08 Å². The third-order valence-corrected chi connectivity index (χ3v) is 6.99. The summed E-state index contributed by atoms with van der Waals surface area (Å²) in [6.45, 7) is 2.89. The molecule has 2 fully saturated rings. The van der Waals surface area contributed by atoms with E-state index in [-0.39, 0.29) is 30.3 Å². The number of amides is 4. The van der Waals surface area contributed by atoms with Crippen molar-refractivity contribution in [1.29, 1.82) is 0 Å². The van der Waals surface area contributed by atoms with Crippen molar-refractivity contribution in [2.75, 3.05) is 19.6 Å². The second-order valence-corrected chi connectivity index (χ2v) is 9.05. The van der Waals surface area contributed by atoms with Crippen LogP contribution in [0.5, 0.6) is 0 Å². The Morgan fingerprint density at radius 2 is 1.71 bits per heavy atom. The Bertz CT molecular complexity index is 1140. The third kappa shape index (κ3) is 5.46. The van der Waals surface area contributed by atoms with Crippen molar-refractivity contribution < 1.29 is 14.4 Å². The van der Waals surface area contributed by atoms with Gasteiger partial charge in [-0.1, -0.05) is 66.6 Å². The Kier molecular flexibility index (Phi) is 7.67. The number of piperidine rings is 1. The summed E-state index contributed by atoms with van der Waals surface area (Å²) in [4.78, 5) is 42.2. The van der Waals surface area contributed by atoms with Gasteiger partial charge in [-0.25, -0.2) is 4.79 Å². The predicted octanol–water partition coefficient (Wildman–Crippen LogP) is 3.89. The first-order chi connectivity index (χ1) is 17.0. The fourth-order valence-corrected chi connectivity index (χ4v) is 5.01. The summed E-state index contributed by atoms with van der Waals surface area (Å²) < 4.78 is 0. The highest BCUT2D eigenvalue weighted by molar-refractivity contribution is 6.07. The van der Waals surface area contributed by atoms with E-state index in [1.807, 2.05) is 71.6 Å². The highest BCUT2D eigenvalue weighted by Gasteiger charge is 2.55. The van der Waals surface area contributed by atoms with Gasteiger partial charge >= 0.3 is 6.03 Å². The normalized spacial score (nSPS) is 20.6. The van der Waals surface area contributed by atoms with Crippen LogP contribution in [-0.4, -0.2) is 52.8 Å². The van der Waals surface area contributed by atoms with Crippen LogP contribution >= 0.6 is 0 Å². The van der Waals surface area contributed by atoms with E-state index in [9.17, 15) is 14.4 Å². The molecule has 0 spiro atoms. The van der Waals surface area contributed by atoms with E-state index in [1.165, 1.54) is 4.90 Å². The molecule has 2 heterocycles. The maximum absolute atomic E-state index is 13.6. The Labute approximate surface area is 207 Å². The van der Waals surface area contributed by atoms with Crippen LogP contribution < -0.4 is 5.32 Å². The van der Waals surface area contributed by atoms with Crippen molar-refractivity contribution in [1.82, 2.24) is 15.1 Å². The van der Waals surface area contributed by atoms with Gasteiger partial charge < -0.3 is 10.2 Å². The lowest BCUT2D eigenvalue weighted by Crippen LogP contribution is -2.56. The summed E-state index contributed by atoms with van der Waals surface area (Å²) in [5, 5.41) is 3.06. The van der Waals surface area contributed by atoms with Crippen molar-refractivity contribution in [2.45, 2.75) is 38.1 Å². The van der Waals surface area contributed by atoms with Crippen LogP contribution in [0, 0.1) is 17.8 Å². The molecule has 0 unspecified atom stereocenters. The van der Waals surface area contributed by atoms with E-state index in [0.29, 0.717) is 38.8 Å². The molecular formula is C29H31N3O3. The van der Waals surface area contributed by atoms with Gasteiger partial charge in [-0.05, 0) is 55.7 Å². The van der Waals surface area contributed by atoms with Gasteiger partial charge in [0, 0.05) is 19.2 Å². The van der Waals surface area contributed by atoms with Crippen LogP contribution in [-0.2, 0) is 16.0 Å². The van der Waals surface area contributed by atoms with Crippen LogP contribution in [0.3, 0.4) is 0 Å². The molecule has 2 aromatic carbocycles. The van der Waals surface area contributed by atoms with Crippen LogP contribution in [0.1, 0.15) is 37.3 Å². The van der Waals surface area contributed by atoms with Gasteiger partial charge in [0.15, 0.2) is 0 Å². The van der Waals surface area contributed by atoms with E-state index in [4.69, 9.17) is 0 Å². The summed E-state index contributed by atoms with van der Waals surface area (Å²) in [6.07, 6.45) is 5.93. The lowest BCUT2D eigenvalue weighted by molar-refractivity contribution is -0.134. The van der Waals surface area contributed by atoms with E-state index < -0.39 is 5.54 Å². The molecule has 2 aliphatic rings. The monoisotopic (exact) mass is 469 g/mol. The van der Waals surface area contributed by atoms with Gasteiger partial charge in [0.1, 0.15) is 5.54 Å². The first-order valence-electron chi connectivity index (χ1n) is 12.1. The summed E-state index contributed by atoms with van der Waals surface area (Å²) in [5.74, 6) is 5.33. The Morgan fingerprint density at radius 1 is 1.06 bits per heavy atom. The summed E-state index contributed by atoms with van der Waals surface area (Å²) >= 11 is 0. The number of benzene rings is 2. The number of nitrogens with one attached hydrogen (secondary N) is 1. The molecule has 180 valence electrons. The number of nitrogens with zero attached hydrogens (tertiary/aromatic N) is 2. The Morgan fingerprint density at radius 3 is 2.37 bits per heavy atom. The van der Waals surface area contributed by atoms with E-state index in [2.05, 4.69) is 17.2 Å². The van der Waals surface area contributed by atoms with E-state index in [1.54, 1.807) is 13.0 Å². The first kappa shape index (κ1) is 24.3. The van der Waals surface area contributed by atoms with Gasteiger partial charge in [-0.2, -0.15) is 0 Å². The number of carbonyl (C=O) groups is 3. The molecule has 0 radical (unpaired) electrons. The zero-order chi connectivity index (χ0) is 24.7. The number of rotatable bonds is 7. The number of urea groups is 1. The van der Waals surface area contributed by atoms with Crippen LogP contribution in [0.2, 0.25) is 0 Å². The number of hydrogen-bond acceptors (Lipinski definition) is 3. The predicted molar refractivity (Wildman–Crippen MR) is 136 cm³/mol. The van der Waals surface area contributed by atoms with E-state index in [0.717, 1.165) is 11.1 Å². The molecule has 35 heavy (non-hydrogen) atoms. The Balaban J connectivity index is 1.47. The molecule has 6 heteroatoms. The number of hydrogen-bond donors (Lipinski definition) is 1. The molecule has 1 N–H and O–H groups in total. The van der Waals surface area contributed by atoms with Gasteiger partial charge in [-0.3, -0.25) is 14.5 Å². The minimum atomic E-state index is -0.975. The molecule has 0 aliphatic carbocycles. The molecule has 2 aromatic rings. The first-order valence-corrected chi connectivity index (χ1v) is 12.1. The maximum Gasteiger partial charge on any atom is 0.325 e. The molecule has 0 bridgehead atoms. The maximum atomic E-state index is 13.6. The molecule has 4 rings (SSSR count). The molecular weight excluding hydrogens is 438 g/mol. The molecule has 2 aliphatic heterocycles. The Hall–Kier alpha value is -3.85. The average Bonchev–Trinajstić information content (AvgIpc) is 3.15. The largest absolute Gasteiger partial charge is 0.339 e. The quantitative estimate of drug-likeness (QED) is 0.380. The summed E-state index contributed by atoms with van der Waals surface area (Å²) in [5.41, 5.74) is 1.13. The number of carbonyl (C=O) groups excluding carboxylic acids is 3. The van der Waals surface area contributed by atoms with Crippen molar-refractivity contribution in [3.8, 4) is 11.8 Å². The number of likely N-dealkylation sites (tertiary alicyclic amines) is 1. The van der Waals surface area contributed by atoms with Gasteiger partial charge in [0.25, 0.3) is 5.91 Å². The molecule has 6 nitrogen and oxygen atoms in total. The molecule has 1 atom stereocenters. The summed E-state index contributed by atoms with van der Waals surface area (Å²) in [7, 11) is 0. The van der Waals surface area contributed by atoms with Crippen molar-refractivity contribution in [3.05, 3.63) is 77.9 Å². The number of aryl methyl sites for hydroxylation is 1. The van der Waals surface area contributed by atoms with Crippen molar-refractivity contribution in [2.24, 2.45) is 5.92 Å². The zero-order valence-corrected chi connectivity index (χ0v) is 20.1. The highest BCUT2D eigenvalue weighted by Crippen LogP contribution is 2.37. The topological polar surface area (TPSA) is 69.7 Å². The fourth-order valence-electron chi connectivity index (χ4n) is 5.01. The smallest absolute Gasteiger partial charge is 0.325 e. The minimum absolute atomic E-state index is 0.0349. The van der Waals surface area contributed by atoms with Crippen molar-refractivity contribution in [3.63, 3.8) is 0 Å². The SMILES string of the molecule is CC#CCN1C(=O)N[C@](CCc2ccccc2)(C2CCN(C(=O)/C=C/c3ccccc3)CC2)C1=O. The highest BCUT2D eigenvalue weighted by atomic mass is 16.2. The summed E-state index contributed by atoms with van der Waals surface area (Å²) in [6, 6.07) is 19.3. The second-order valence-electron chi connectivity index (χ2n) is 9.05. The average molecular weight is 470 g/mol. The second kappa shape index (κ2) is 11.1. The fraction of sp³-hybridized carbons (Fsp3) is 0.345. The number of imide groups is 1. The van der Waals surface area contributed by atoms with Gasteiger partial charge in [0.05, 0.1) is 6.54 Å². The minimum Gasteiger partial charge on any atom is -0.339 e. The molecule has 0 aromatic heterocycles. The van der Waals surface area contributed by atoms with Gasteiger partial charge in [-0.15, -0.1) is 5.92 Å². The standard InChI is InChI=1S/C29H31N3O3/c1-2-3-20-32-27(34)29(30-28(32)35,19-16-24-12-8-5-9-13-24)25-17-21-31(22-18-25)26(33)15-14-23-10-6-4-7-11-23/h4-15,25H,16-22H2,1H3,(H,30,35)/b15-14+/t29-/m1/s1. The lowest BCUT2D eigenvalue weighted by atomic mass is 9.74. The molecule has 2 saturated heterocycles. The lowest BCUT2D eigenvalue weighted by Gasteiger charge is -2.40. The zero-order valence-electron chi connectivity index (χ0n) is 20.1. The van der Waals surface area contributed by atoms with E-state index >= 15 is 0 Å². The molecule has 0 saturated carbocycles. The third-order valence-electron chi connectivity index (χ3n) is 6.99.